The largest absolute Gasteiger partial charge is 0.355 e. The SMILES string of the molecule is CNCCNC(=O)CCC(=O)N1CCc2sccc2C1.Cl. The summed E-state index contributed by atoms with van der Waals surface area (Å²) in [5.41, 5.74) is 1.26. The Labute approximate surface area is 135 Å². The molecule has 0 saturated carbocycles. The van der Waals surface area contributed by atoms with E-state index in [4.69, 9.17) is 0 Å². The van der Waals surface area contributed by atoms with E-state index >= 15 is 0 Å². The van der Waals surface area contributed by atoms with Crippen molar-refractivity contribution in [1.29, 1.82) is 0 Å². The normalized spacial score (nSPS) is 13.3. The summed E-state index contributed by atoms with van der Waals surface area (Å²) in [6.07, 6.45) is 1.51. The smallest absolute Gasteiger partial charge is 0.223 e. The minimum atomic E-state index is -0.0539. The number of carbonyl (C=O) groups is 2. The molecule has 0 radical (unpaired) electrons. The van der Waals surface area contributed by atoms with E-state index in [1.165, 1.54) is 10.4 Å². The second-order valence-corrected chi connectivity index (χ2v) is 5.89. The number of fused-ring (bicyclic) bond motifs is 1. The zero-order valence-electron chi connectivity index (χ0n) is 12.2. The Hall–Kier alpha value is -1.11. The first kappa shape index (κ1) is 17.9. The van der Waals surface area contributed by atoms with Crippen LogP contribution >= 0.6 is 23.7 Å². The van der Waals surface area contributed by atoms with Gasteiger partial charge in [0.25, 0.3) is 0 Å². The number of thiophene rings is 1. The zero-order valence-corrected chi connectivity index (χ0v) is 13.8. The maximum Gasteiger partial charge on any atom is 0.223 e. The van der Waals surface area contributed by atoms with Crippen molar-refractivity contribution < 1.29 is 9.59 Å². The number of amides is 2. The Kier molecular flexibility index (Phi) is 7.71. The van der Waals surface area contributed by atoms with Crippen LogP contribution in [0.25, 0.3) is 0 Å². The molecule has 2 rings (SSSR count). The lowest BCUT2D eigenvalue weighted by Crippen LogP contribution is -2.36. The maximum atomic E-state index is 12.1. The quantitative estimate of drug-likeness (QED) is 0.769. The monoisotopic (exact) mass is 331 g/mol. The van der Waals surface area contributed by atoms with Crippen molar-refractivity contribution in [2.75, 3.05) is 26.7 Å². The van der Waals surface area contributed by atoms with Crippen LogP contribution in [0.3, 0.4) is 0 Å². The summed E-state index contributed by atoms with van der Waals surface area (Å²) >= 11 is 1.76. The van der Waals surface area contributed by atoms with Gasteiger partial charge < -0.3 is 15.5 Å². The molecule has 118 valence electrons. The van der Waals surface area contributed by atoms with E-state index in [0.717, 1.165) is 19.5 Å². The summed E-state index contributed by atoms with van der Waals surface area (Å²) in [5, 5.41) is 7.82. The van der Waals surface area contributed by atoms with Crippen molar-refractivity contribution in [3.63, 3.8) is 0 Å². The van der Waals surface area contributed by atoms with Crippen LogP contribution in [0.4, 0.5) is 0 Å². The van der Waals surface area contributed by atoms with E-state index in [9.17, 15) is 9.59 Å². The van der Waals surface area contributed by atoms with Gasteiger partial charge in [0.2, 0.25) is 11.8 Å². The van der Waals surface area contributed by atoms with E-state index in [2.05, 4.69) is 22.1 Å². The summed E-state index contributed by atoms with van der Waals surface area (Å²) in [6.45, 7) is 2.81. The Balaban J connectivity index is 0.00000220. The van der Waals surface area contributed by atoms with Gasteiger partial charge in [-0.15, -0.1) is 23.7 Å². The Morgan fingerprint density at radius 2 is 2.14 bits per heavy atom. The van der Waals surface area contributed by atoms with E-state index in [-0.39, 0.29) is 30.6 Å². The third-order valence-electron chi connectivity index (χ3n) is 3.42. The zero-order chi connectivity index (χ0) is 14.4. The molecule has 0 aliphatic carbocycles. The Morgan fingerprint density at radius 3 is 2.90 bits per heavy atom. The molecule has 0 fully saturated rings. The Bertz CT molecular complexity index is 479. The summed E-state index contributed by atoms with van der Waals surface area (Å²) in [6, 6.07) is 2.09. The number of hydrogen-bond acceptors (Lipinski definition) is 4. The summed E-state index contributed by atoms with van der Waals surface area (Å²) in [4.78, 5) is 26.9. The van der Waals surface area contributed by atoms with Gasteiger partial charge in [0.15, 0.2) is 0 Å². The fourth-order valence-corrected chi connectivity index (χ4v) is 3.14. The summed E-state index contributed by atoms with van der Waals surface area (Å²) in [5.74, 6) is 0.0208. The van der Waals surface area contributed by atoms with Gasteiger partial charge in [-0.3, -0.25) is 9.59 Å². The van der Waals surface area contributed by atoms with Crippen LogP contribution < -0.4 is 10.6 Å². The van der Waals surface area contributed by atoms with Crippen molar-refractivity contribution in [3.8, 4) is 0 Å². The predicted octanol–water partition coefficient (Wildman–Crippen LogP) is 1.17. The number of halogens is 1. The molecule has 2 amide bonds. The molecule has 0 unspecified atom stereocenters. The molecule has 1 aliphatic heterocycles. The van der Waals surface area contributed by atoms with Gasteiger partial charge in [0, 0.05) is 43.9 Å². The number of nitrogens with one attached hydrogen (secondary N) is 2. The molecular weight excluding hydrogens is 310 g/mol. The first-order chi connectivity index (χ1) is 9.70. The second-order valence-electron chi connectivity index (χ2n) is 4.89. The molecule has 1 aromatic rings. The molecule has 0 spiro atoms. The number of hydrogen-bond donors (Lipinski definition) is 2. The lowest BCUT2D eigenvalue weighted by atomic mass is 10.1. The average Bonchev–Trinajstić information content (AvgIpc) is 2.92. The third kappa shape index (κ3) is 5.30. The van der Waals surface area contributed by atoms with Crippen molar-refractivity contribution in [2.24, 2.45) is 0 Å². The molecule has 1 aromatic heterocycles. The molecule has 0 aromatic carbocycles. The average molecular weight is 332 g/mol. The van der Waals surface area contributed by atoms with Crippen LogP contribution in [0.2, 0.25) is 0 Å². The Morgan fingerprint density at radius 1 is 1.33 bits per heavy atom. The highest BCUT2D eigenvalue weighted by molar-refractivity contribution is 7.10. The van der Waals surface area contributed by atoms with Gasteiger partial charge in [-0.1, -0.05) is 0 Å². The number of nitrogens with zero attached hydrogens (tertiary/aromatic N) is 1. The molecule has 2 N–H and O–H groups in total. The van der Waals surface area contributed by atoms with Gasteiger partial charge in [-0.2, -0.15) is 0 Å². The highest BCUT2D eigenvalue weighted by Crippen LogP contribution is 2.24. The van der Waals surface area contributed by atoms with Gasteiger partial charge in [-0.25, -0.2) is 0 Å². The first-order valence-corrected chi connectivity index (χ1v) is 7.83. The highest BCUT2D eigenvalue weighted by atomic mass is 35.5. The number of rotatable bonds is 6. The predicted molar refractivity (Wildman–Crippen MR) is 86.9 cm³/mol. The van der Waals surface area contributed by atoms with Crippen LogP contribution in [0.1, 0.15) is 23.3 Å². The van der Waals surface area contributed by atoms with E-state index in [1.807, 2.05) is 11.9 Å². The van der Waals surface area contributed by atoms with Gasteiger partial charge in [-0.05, 0) is 30.5 Å². The van der Waals surface area contributed by atoms with Gasteiger partial charge >= 0.3 is 0 Å². The highest BCUT2D eigenvalue weighted by Gasteiger charge is 2.21. The summed E-state index contributed by atoms with van der Waals surface area (Å²) in [7, 11) is 1.84. The van der Waals surface area contributed by atoms with Crippen molar-refractivity contribution in [3.05, 3.63) is 21.9 Å². The molecule has 0 atom stereocenters. The molecule has 7 heteroatoms. The van der Waals surface area contributed by atoms with Crippen molar-refractivity contribution >= 4 is 35.6 Å². The van der Waals surface area contributed by atoms with E-state index in [1.54, 1.807) is 11.3 Å². The molecule has 0 bridgehead atoms. The molecule has 0 saturated heterocycles. The standard InChI is InChI=1S/C14H21N3O2S.ClH/c1-15-6-7-16-13(18)2-3-14(19)17-8-4-12-11(10-17)5-9-20-12;/h5,9,15H,2-4,6-8,10H2,1H3,(H,16,18);1H. The van der Waals surface area contributed by atoms with Crippen LogP contribution in [0.5, 0.6) is 0 Å². The number of likely N-dealkylation sites (N-methyl/N-ethyl adjacent to an activating group) is 1. The van der Waals surface area contributed by atoms with Crippen LogP contribution in [-0.2, 0) is 22.6 Å². The van der Waals surface area contributed by atoms with Crippen LogP contribution in [0.15, 0.2) is 11.4 Å². The van der Waals surface area contributed by atoms with Gasteiger partial charge in [0.05, 0.1) is 0 Å². The minimum absolute atomic E-state index is 0. The fourth-order valence-electron chi connectivity index (χ4n) is 2.26. The molecule has 1 aliphatic rings. The third-order valence-corrected chi connectivity index (χ3v) is 4.45. The maximum absolute atomic E-state index is 12.1. The molecular formula is C14H22ClN3O2S. The van der Waals surface area contributed by atoms with Crippen molar-refractivity contribution in [2.45, 2.75) is 25.8 Å². The fraction of sp³-hybridized carbons (Fsp3) is 0.571. The molecule has 5 nitrogen and oxygen atoms in total. The van der Waals surface area contributed by atoms with E-state index in [0.29, 0.717) is 19.5 Å². The number of carbonyl (C=O) groups excluding carboxylic acids is 2. The lowest BCUT2D eigenvalue weighted by Gasteiger charge is -2.27. The summed E-state index contributed by atoms with van der Waals surface area (Å²) < 4.78 is 0. The minimum Gasteiger partial charge on any atom is -0.355 e. The van der Waals surface area contributed by atoms with Gasteiger partial charge in [0.1, 0.15) is 0 Å². The molecule has 2 heterocycles. The van der Waals surface area contributed by atoms with Crippen molar-refractivity contribution in [1.82, 2.24) is 15.5 Å². The molecule has 21 heavy (non-hydrogen) atoms. The van der Waals surface area contributed by atoms with Crippen LogP contribution in [-0.4, -0.2) is 43.4 Å². The second kappa shape index (κ2) is 9.02. The lowest BCUT2D eigenvalue weighted by molar-refractivity contribution is -0.134. The van der Waals surface area contributed by atoms with E-state index < -0.39 is 0 Å². The van der Waals surface area contributed by atoms with Crippen LogP contribution in [0, 0.1) is 0 Å². The first-order valence-electron chi connectivity index (χ1n) is 6.95. The topological polar surface area (TPSA) is 61.4 Å².